The summed E-state index contributed by atoms with van der Waals surface area (Å²) in [4.78, 5) is 34.5. The summed E-state index contributed by atoms with van der Waals surface area (Å²) in [6.07, 6.45) is 4.58. The van der Waals surface area contributed by atoms with E-state index >= 15 is 0 Å². The first-order valence-corrected chi connectivity index (χ1v) is 17.7. The van der Waals surface area contributed by atoms with Crippen molar-refractivity contribution in [2.24, 2.45) is 0 Å². The molecule has 0 spiro atoms. The number of nitrogens with zero attached hydrogens (tertiary/aromatic N) is 6. The number of ether oxygens (including phenoxy) is 3. The largest absolute Gasteiger partial charge is 0.491 e. The zero-order chi connectivity index (χ0) is 36.9. The Morgan fingerprint density at radius 3 is 2.55 bits per heavy atom. The van der Waals surface area contributed by atoms with Gasteiger partial charge >= 0.3 is 5.97 Å². The Kier molecular flexibility index (Phi) is 11.1. The third kappa shape index (κ3) is 8.23. The number of hydrogen-bond donors (Lipinski definition) is 1. The summed E-state index contributed by atoms with van der Waals surface area (Å²) in [5.74, 6) is 0.414. The Balaban J connectivity index is 1.21. The van der Waals surface area contributed by atoms with Crippen LogP contribution in [0, 0.1) is 6.92 Å². The van der Waals surface area contributed by atoms with E-state index in [1.54, 1.807) is 61.1 Å². The maximum atomic E-state index is 12.7. The van der Waals surface area contributed by atoms with Crippen LogP contribution in [0.25, 0.3) is 33.7 Å². The normalized spacial score (nSPS) is 14.3. The Morgan fingerprint density at radius 2 is 1.79 bits per heavy atom. The molecular weight excluding hydrogens is 723 g/mol. The molecule has 1 unspecified atom stereocenters. The Labute approximate surface area is 315 Å². The van der Waals surface area contributed by atoms with Crippen molar-refractivity contribution in [3.8, 4) is 40.0 Å². The van der Waals surface area contributed by atoms with E-state index in [1.807, 2.05) is 13.0 Å². The fourth-order valence-corrected chi connectivity index (χ4v) is 6.51. The lowest BCUT2D eigenvalue weighted by atomic mass is 9.97. The average Bonchev–Trinajstić information content (AvgIpc) is 3.78. The summed E-state index contributed by atoms with van der Waals surface area (Å²) in [7, 11) is 2.12. The summed E-state index contributed by atoms with van der Waals surface area (Å²) in [5.41, 5.74) is 3.20. The highest BCUT2D eigenvalue weighted by Crippen LogP contribution is 2.47. The third-order valence-corrected chi connectivity index (χ3v) is 9.70. The molecule has 7 rings (SSSR count). The van der Waals surface area contributed by atoms with Crippen molar-refractivity contribution in [1.29, 1.82) is 0 Å². The molecule has 0 aliphatic carbocycles. The number of furan rings is 2. The lowest BCUT2D eigenvalue weighted by Gasteiger charge is -2.32. The lowest BCUT2D eigenvalue weighted by Crippen LogP contribution is -2.45. The van der Waals surface area contributed by atoms with Crippen molar-refractivity contribution in [2.45, 2.75) is 26.1 Å². The molecule has 15 heteroatoms. The van der Waals surface area contributed by atoms with E-state index in [1.165, 1.54) is 6.33 Å². The quantitative estimate of drug-likeness (QED) is 0.124. The summed E-state index contributed by atoms with van der Waals surface area (Å²) < 4.78 is 30.4. The van der Waals surface area contributed by atoms with Gasteiger partial charge in [0.05, 0.1) is 16.9 Å². The van der Waals surface area contributed by atoms with Gasteiger partial charge in [0.2, 0.25) is 17.7 Å². The van der Waals surface area contributed by atoms with Crippen LogP contribution < -0.4 is 14.2 Å². The first-order valence-electron chi connectivity index (χ1n) is 17.0. The van der Waals surface area contributed by atoms with Gasteiger partial charge in [0.25, 0.3) is 0 Å². The number of rotatable bonds is 14. The van der Waals surface area contributed by atoms with Crippen LogP contribution in [-0.2, 0) is 17.8 Å². The van der Waals surface area contributed by atoms with Gasteiger partial charge in [-0.1, -0.05) is 35.9 Å². The van der Waals surface area contributed by atoms with E-state index in [0.29, 0.717) is 62.2 Å². The Bertz CT molecular complexity index is 2200. The molecule has 1 N–H and O–H groups in total. The van der Waals surface area contributed by atoms with Gasteiger partial charge in [-0.05, 0) is 66.5 Å². The molecular formula is C38H36Cl2N6O7. The Morgan fingerprint density at radius 1 is 0.962 bits per heavy atom. The number of fused-ring (bicyclic) bond motifs is 1. The van der Waals surface area contributed by atoms with Crippen LogP contribution in [0.5, 0.6) is 17.4 Å². The van der Waals surface area contributed by atoms with Crippen LogP contribution in [0.3, 0.4) is 0 Å². The van der Waals surface area contributed by atoms with Crippen LogP contribution in [0.1, 0.15) is 16.8 Å². The zero-order valence-electron chi connectivity index (χ0n) is 29.0. The van der Waals surface area contributed by atoms with E-state index in [-0.39, 0.29) is 35.6 Å². The molecule has 0 saturated carbocycles. The first-order chi connectivity index (χ1) is 25.7. The number of carboxylic acid groups (broad SMARTS) is 1. The molecule has 0 radical (unpaired) electrons. The van der Waals surface area contributed by atoms with Crippen molar-refractivity contribution in [3.05, 3.63) is 101 Å². The lowest BCUT2D eigenvalue weighted by molar-refractivity contribution is -0.145. The molecule has 1 aliphatic rings. The van der Waals surface area contributed by atoms with Crippen LogP contribution in [0.15, 0.2) is 82.3 Å². The van der Waals surface area contributed by atoms with Gasteiger partial charge in [0, 0.05) is 57.1 Å². The molecule has 0 bridgehead atoms. The summed E-state index contributed by atoms with van der Waals surface area (Å²) in [5, 5.41) is 11.3. The molecule has 53 heavy (non-hydrogen) atoms. The minimum absolute atomic E-state index is 0.00830. The highest BCUT2D eigenvalue weighted by molar-refractivity contribution is 6.33. The number of para-hydroxylation sites is 1. The van der Waals surface area contributed by atoms with Crippen LogP contribution in [-0.4, -0.2) is 93.3 Å². The van der Waals surface area contributed by atoms with E-state index in [0.717, 1.165) is 32.7 Å². The van der Waals surface area contributed by atoms with Gasteiger partial charge < -0.3 is 33.1 Å². The summed E-state index contributed by atoms with van der Waals surface area (Å²) in [6, 6.07) is 14.1. The van der Waals surface area contributed by atoms with E-state index in [9.17, 15) is 9.90 Å². The molecule has 13 nitrogen and oxygen atoms in total. The predicted octanol–water partition coefficient (Wildman–Crippen LogP) is 6.83. The molecule has 274 valence electrons. The third-order valence-electron chi connectivity index (χ3n) is 9.03. The van der Waals surface area contributed by atoms with Gasteiger partial charge in [-0.2, -0.15) is 0 Å². The van der Waals surface area contributed by atoms with Crippen molar-refractivity contribution < 1.29 is 32.9 Å². The van der Waals surface area contributed by atoms with Gasteiger partial charge in [-0.3, -0.25) is 14.9 Å². The molecule has 5 heterocycles. The van der Waals surface area contributed by atoms with Gasteiger partial charge in [-0.25, -0.2) is 14.8 Å². The second-order valence-electron chi connectivity index (χ2n) is 12.6. The minimum Gasteiger partial charge on any atom is -0.491 e. The fraction of sp³-hybridized carbons (Fsp3) is 0.289. The van der Waals surface area contributed by atoms with Crippen molar-refractivity contribution >= 4 is 40.3 Å². The number of aromatic nitrogens is 4. The number of likely N-dealkylation sites (N-methyl/N-ethyl adjacent to an activating group) is 1. The smallest absolute Gasteiger partial charge is 0.345 e. The number of carbonyl (C=O) groups is 1. The van der Waals surface area contributed by atoms with Gasteiger partial charge in [0.1, 0.15) is 36.4 Å². The molecule has 2 aromatic carbocycles. The molecule has 1 atom stereocenters. The standard InChI is InChI=1S/C38H36Cl2N6O7/c1-23-26(7-8-28(34(23)40)49-18-17-46-15-13-45(2)14-16-46)32-33-36(43-22-44-37(33)53-35(32)29-9-10-31(39)51-29)52-30(38(47)48)19-24-5-3-4-6-27(24)50-21-25-20-41-11-12-42-25/h3-12,20,22,30H,13-19,21H2,1-2H3,(H,47,48). The van der Waals surface area contributed by atoms with Crippen molar-refractivity contribution in [1.82, 2.24) is 29.7 Å². The highest BCUT2D eigenvalue weighted by Gasteiger charge is 2.30. The van der Waals surface area contributed by atoms with E-state index in [4.69, 9.17) is 46.2 Å². The molecule has 6 aromatic rings. The maximum absolute atomic E-state index is 12.7. The molecule has 1 saturated heterocycles. The van der Waals surface area contributed by atoms with Crippen LogP contribution >= 0.6 is 23.2 Å². The number of hydrogen-bond acceptors (Lipinski definition) is 12. The van der Waals surface area contributed by atoms with Crippen LogP contribution in [0.2, 0.25) is 10.2 Å². The van der Waals surface area contributed by atoms with Gasteiger partial charge in [0.15, 0.2) is 16.7 Å². The van der Waals surface area contributed by atoms with Crippen molar-refractivity contribution in [3.63, 3.8) is 0 Å². The molecule has 0 amide bonds. The molecule has 1 aliphatic heterocycles. The number of aliphatic carboxylic acids is 1. The second kappa shape index (κ2) is 16.2. The number of carboxylic acids is 1. The van der Waals surface area contributed by atoms with Crippen LogP contribution in [0.4, 0.5) is 0 Å². The summed E-state index contributed by atoms with van der Waals surface area (Å²) in [6.45, 7) is 7.28. The van der Waals surface area contributed by atoms with Gasteiger partial charge in [-0.15, -0.1) is 0 Å². The fourth-order valence-electron chi connectivity index (χ4n) is 6.15. The molecule has 1 fully saturated rings. The number of halogens is 2. The first kappa shape index (κ1) is 36.2. The maximum Gasteiger partial charge on any atom is 0.345 e. The average molecular weight is 760 g/mol. The monoisotopic (exact) mass is 758 g/mol. The Hall–Kier alpha value is -5.21. The summed E-state index contributed by atoms with van der Waals surface area (Å²) >= 11 is 13.2. The highest BCUT2D eigenvalue weighted by atomic mass is 35.5. The second-order valence-corrected chi connectivity index (χ2v) is 13.3. The van der Waals surface area contributed by atoms with E-state index in [2.05, 4.69) is 36.8 Å². The predicted molar refractivity (Wildman–Crippen MR) is 198 cm³/mol. The molecule has 4 aromatic heterocycles. The van der Waals surface area contributed by atoms with Crippen molar-refractivity contribution in [2.75, 3.05) is 46.4 Å². The zero-order valence-corrected chi connectivity index (χ0v) is 30.5. The van der Waals surface area contributed by atoms with E-state index < -0.39 is 12.1 Å². The number of benzene rings is 2. The SMILES string of the molecule is Cc1c(-c2c(-c3ccc(Cl)o3)oc3ncnc(OC(Cc4ccccc4OCc4cnccn4)C(=O)O)c23)ccc(OCCN2CCN(C)CC2)c1Cl. The number of piperazine rings is 1. The minimum atomic E-state index is -1.38. The topological polar surface area (TPSA) is 149 Å².